The number of carbonyl (C=O) groups is 2. The van der Waals surface area contributed by atoms with Crippen LogP contribution in [0.2, 0.25) is 0 Å². The van der Waals surface area contributed by atoms with Crippen LogP contribution in [0.25, 0.3) is 0 Å². The zero-order valence-corrected chi connectivity index (χ0v) is 14.2. The van der Waals surface area contributed by atoms with Gasteiger partial charge in [-0.2, -0.15) is 0 Å². The topological polar surface area (TPSA) is 61.4 Å². The van der Waals surface area contributed by atoms with E-state index in [2.05, 4.69) is 15.5 Å². The smallest absolute Gasteiger partial charge is 0.251 e. The maximum absolute atomic E-state index is 12.2. The van der Waals surface area contributed by atoms with Crippen LogP contribution in [-0.2, 0) is 4.79 Å². The van der Waals surface area contributed by atoms with E-state index in [4.69, 9.17) is 0 Å². The van der Waals surface area contributed by atoms with Gasteiger partial charge in [0.05, 0.1) is 6.54 Å². The molecule has 25 heavy (non-hydrogen) atoms. The predicted octanol–water partition coefficient (Wildman–Crippen LogP) is 2.52. The quantitative estimate of drug-likeness (QED) is 0.881. The van der Waals surface area contributed by atoms with Crippen LogP contribution in [0.15, 0.2) is 60.7 Å². The Morgan fingerprint density at radius 2 is 1.52 bits per heavy atom. The van der Waals surface area contributed by atoms with Gasteiger partial charge in [0.15, 0.2) is 0 Å². The second-order valence-electron chi connectivity index (χ2n) is 6.30. The average molecular weight is 337 g/mol. The molecule has 0 atom stereocenters. The fourth-order valence-electron chi connectivity index (χ4n) is 3.02. The van der Waals surface area contributed by atoms with Crippen molar-refractivity contribution in [3.8, 4) is 0 Å². The second kappa shape index (κ2) is 8.44. The molecular formula is C20H23N3O2. The van der Waals surface area contributed by atoms with Gasteiger partial charge in [0.25, 0.3) is 5.91 Å². The highest BCUT2D eigenvalue weighted by Crippen LogP contribution is 2.12. The fraction of sp³-hybridized carbons (Fsp3) is 0.300. The van der Waals surface area contributed by atoms with Gasteiger partial charge in [0.2, 0.25) is 5.91 Å². The molecule has 1 saturated heterocycles. The number of hydrogen-bond donors (Lipinski definition) is 2. The number of amides is 2. The number of likely N-dealkylation sites (tertiary alicyclic amines) is 1. The number of rotatable bonds is 5. The summed E-state index contributed by atoms with van der Waals surface area (Å²) >= 11 is 0. The fourth-order valence-corrected chi connectivity index (χ4v) is 3.02. The highest BCUT2D eigenvalue weighted by molar-refractivity contribution is 5.94. The third-order valence-electron chi connectivity index (χ3n) is 4.38. The molecule has 2 amide bonds. The molecule has 3 rings (SSSR count). The first-order valence-corrected chi connectivity index (χ1v) is 8.64. The molecule has 0 radical (unpaired) electrons. The molecule has 2 aromatic rings. The molecule has 0 aliphatic carbocycles. The van der Waals surface area contributed by atoms with Crippen LogP contribution in [0.3, 0.4) is 0 Å². The summed E-state index contributed by atoms with van der Waals surface area (Å²) in [5.74, 6) is -0.0289. The van der Waals surface area contributed by atoms with Gasteiger partial charge in [-0.1, -0.05) is 36.4 Å². The monoisotopic (exact) mass is 337 g/mol. The van der Waals surface area contributed by atoms with E-state index in [9.17, 15) is 9.59 Å². The number of piperidine rings is 1. The SMILES string of the molecule is O=C(CN1CCC(NC(=O)c2ccccc2)CC1)Nc1ccccc1. The first-order chi connectivity index (χ1) is 12.2. The maximum atomic E-state index is 12.2. The lowest BCUT2D eigenvalue weighted by molar-refractivity contribution is -0.117. The number of anilines is 1. The van der Waals surface area contributed by atoms with Gasteiger partial charge in [-0.3, -0.25) is 14.5 Å². The normalized spacial score (nSPS) is 15.5. The minimum absolute atomic E-state index is 0.00188. The standard InChI is InChI=1S/C20H23N3O2/c24-19(21-17-9-5-2-6-10-17)15-23-13-11-18(12-14-23)22-20(25)16-7-3-1-4-8-16/h1-10,18H,11-15H2,(H,21,24)(H,22,25). The lowest BCUT2D eigenvalue weighted by atomic mass is 10.0. The molecule has 5 heteroatoms. The van der Waals surface area contributed by atoms with Gasteiger partial charge >= 0.3 is 0 Å². The van der Waals surface area contributed by atoms with E-state index < -0.39 is 0 Å². The van der Waals surface area contributed by atoms with Crippen molar-refractivity contribution in [2.75, 3.05) is 25.0 Å². The molecule has 5 nitrogen and oxygen atoms in total. The highest BCUT2D eigenvalue weighted by atomic mass is 16.2. The Kier molecular flexibility index (Phi) is 5.80. The number of carbonyl (C=O) groups excluding carboxylic acids is 2. The van der Waals surface area contributed by atoms with Gasteiger partial charge in [-0.25, -0.2) is 0 Å². The van der Waals surface area contributed by atoms with Gasteiger partial charge < -0.3 is 10.6 Å². The van der Waals surface area contributed by atoms with Crippen molar-refractivity contribution in [2.45, 2.75) is 18.9 Å². The molecular weight excluding hydrogens is 314 g/mol. The lowest BCUT2D eigenvalue weighted by Crippen LogP contribution is -2.46. The third-order valence-corrected chi connectivity index (χ3v) is 4.38. The van der Waals surface area contributed by atoms with Gasteiger partial charge in [-0.05, 0) is 37.1 Å². The largest absolute Gasteiger partial charge is 0.349 e. The molecule has 0 saturated carbocycles. The zero-order chi connectivity index (χ0) is 17.5. The van der Waals surface area contributed by atoms with Crippen molar-refractivity contribution >= 4 is 17.5 Å². The summed E-state index contributed by atoms with van der Waals surface area (Å²) in [6.45, 7) is 2.00. The number of hydrogen-bond acceptors (Lipinski definition) is 3. The Morgan fingerprint density at radius 3 is 2.16 bits per heavy atom. The number of nitrogens with one attached hydrogen (secondary N) is 2. The molecule has 0 spiro atoms. The van der Waals surface area contributed by atoms with E-state index in [-0.39, 0.29) is 17.9 Å². The van der Waals surface area contributed by atoms with Crippen LogP contribution in [0.4, 0.5) is 5.69 Å². The Labute approximate surface area is 148 Å². The molecule has 130 valence electrons. The zero-order valence-electron chi connectivity index (χ0n) is 14.2. The second-order valence-corrected chi connectivity index (χ2v) is 6.30. The first-order valence-electron chi connectivity index (χ1n) is 8.64. The molecule has 1 aliphatic heterocycles. The van der Waals surface area contributed by atoms with Crippen LogP contribution in [0, 0.1) is 0 Å². The maximum Gasteiger partial charge on any atom is 0.251 e. The van der Waals surface area contributed by atoms with Crippen molar-refractivity contribution in [3.05, 3.63) is 66.2 Å². The molecule has 0 bridgehead atoms. The summed E-state index contributed by atoms with van der Waals surface area (Å²) in [6.07, 6.45) is 1.72. The van der Waals surface area contributed by atoms with Gasteiger partial charge in [-0.15, -0.1) is 0 Å². The van der Waals surface area contributed by atoms with Crippen LogP contribution in [0.1, 0.15) is 23.2 Å². The third kappa shape index (κ3) is 5.16. The van der Waals surface area contributed by atoms with Gasteiger partial charge in [0.1, 0.15) is 0 Å². The van der Waals surface area contributed by atoms with Crippen LogP contribution in [-0.4, -0.2) is 42.4 Å². The highest BCUT2D eigenvalue weighted by Gasteiger charge is 2.22. The summed E-state index contributed by atoms with van der Waals surface area (Å²) in [5.41, 5.74) is 1.50. The molecule has 2 aromatic carbocycles. The van der Waals surface area contributed by atoms with Crippen LogP contribution < -0.4 is 10.6 Å². The van der Waals surface area contributed by atoms with Gasteiger partial charge in [0, 0.05) is 30.4 Å². The van der Waals surface area contributed by atoms with Crippen molar-refractivity contribution in [1.29, 1.82) is 0 Å². The van der Waals surface area contributed by atoms with Crippen molar-refractivity contribution in [2.24, 2.45) is 0 Å². The van der Waals surface area contributed by atoms with E-state index in [1.54, 1.807) is 0 Å². The van der Waals surface area contributed by atoms with Crippen molar-refractivity contribution in [1.82, 2.24) is 10.2 Å². The molecule has 0 unspecified atom stereocenters. The predicted molar refractivity (Wildman–Crippen MR) is 98.4 cm³/mol. The van der Waals surface area contributed by atoms with E-state index >= 15 is 0 Å². The van der Waals surface area contributed by atoms with E-state index in [0.717, 1.165) is 31.6 Å². The van der Waals surface area contributed by atoms with E-state index in [1.807, 2.05) is 60.7 Å². The Bertz CT molecular complexity index is 695. The Hall–Kier alpha value is -2.66. The number of benzene rings is 2. The van der Waals surface area contributed by atoms with E-state index in [0.29, 0.717) is 12.1 Å². The lowest BCUT2D eigenvalue weighted by Gasteiger charge is -2.31. The van der Waals surface area contributed by atoms with Crippen LogP contribution in [0.5, 0.6) is 0 Å². The average Bonchev–Trinajstić information content (AvgIpc) is 2.65. The van der Waals surface area contributed by atoms with Crippen molar-refractivity contribution in [3.63, 3.8) is 0 Å². The molecule has 1 aliphatic rings. The number of nitrogens with zero attached hydrogens (tertiary/aromatic N) is 1. The van der Waals surface area contributed by atoms with Crippen LogP contribution >= 0.6 is 0 Å². The Morgan fingerprint density at radius 1 is 0.920 bits per heavy atom. The summed E-state index contributed by atoms with van der Waals surface area (Å²) in [6, 6.07) is 18.9. The molecule has 1 fully saturated rings. The van der Waals surface area contributed by atoms with Crippen molar-refractivity contribution < 1.29 is 9.59 Å². The molecule has 1 heterocycles. The minimum atomic E-state index is -0.0270. The minimum Gasteiger partial charge on any atom is -0.349 e. The number of para-hydroxylation sites is 1. The summed E-state index contributed by atoms with van der Waals surface area (Å²) in [5, 5.41) is 5.99. The molecule has 0 aromatic heterocycles. The summed E-state index contributed by atoms with van der Waals surface area (Å²) < 4.78 is 0. The Balaban J connectivity index is 1.41. The first kappa shape index (κ1) is 17.2. The van der Waals surface area contributed by atoms with E-state index in [1.165, 1.54) is 0 Å². The summed E-state index contributed by atoms with van der Waals surface area (Å²) in [4.78, 5) is 26.4. The summed E-state index contributed by atoms with van der Waals surface area (Å²) in [7, 11) is 0. The molecule has 2 N–H and O–H groups in total.